The number of benzene rings is 3. The van der Waals surface area contributed by atoms with E-state index in [1.54, 1.807) is 31.4 Å². The summed E-state index contributed by atoms with van der Waals surface area (Å²) in [6.45, 7) is 5.84. The van der Waals surface area contributed by atoms with Gasteiger partial charge in [-0.15, -0.1) is 0 Å². The quantitative estimate of drug-likeness (QED) is 0.386. The smallest absolute Gasteiger partial charge is 0.254 e. The second kappa shape index (κ2) is 10.8. The summed E-state index contributed by atoms with van der Waals surface area (Å²) in [5.41, 5.74) is 2.83. The lowest BCUT2D eigenvalue weighted by Gasteiger charge is -2.37. The highest BCUT2D eigenvalue weighted by molar-refractivity contribution is 6.30. The fraction of sp³-hybridized carbons (Fsp3) is 0.321. The highest BCUT2D eigenvalue weighted by Gasteiger charge is 2.32. The molecule has 0 aliphatic carbocycles. The van der Waals surface area contributed by atoms with Gasteiger partial charge in [0, 0.05) is 17.1 Å². The molecule has 0 saturated heterocycles. The number of nitrogens with zero attached hydrogens (tertiary/aromatic N) is 1. The van der Waals surface area contributed by atoms with Gasteiger partial charge < -0.3 is 19.1 Å². The molecule has 6 heteroatoms. The van der Waals surface area contributed by atoms with Crippen LogP contribution >= 0.6 is 11.6 Å². The third kappa shape index (κ3) is 5.65. The summed E-state index contributed by atoms with van der Waals surface area (Å²) in [6.07, 6.45) is 0.750. The first-order valence-corrected chi connectivity index (χ1v) is 11.9. The van der Waals surface area contributed by atoms with E-state index in [4.69, 9.17) is 25.8 Å². The third-order valence-electron chi connectivity index (χ3n) is 5.85. The average Bonchev–Trinajstić information content (AvgIpc) is 2.85. The molecule has 0 spiro atoms. The summed E-state index contributed by atoms with van der Waals surface area (Å²) in [7, 11) is 1.63. The predicted molar refractivity (Wildman–Crippen MR) is 134 cm³/mol. The van der Waals surface area contributed by atoms with Crippen LogP contribution in [0.5, 0.6) is 17.2 Å². The number of hydrogen-bond donors (Lipinski definition) is 0. The molecule has 0 aromatic heterocycles. The van der Waals surface area contributed by atoms with Crippen molar-refractivity contribution < 1.29 is 19.0 Å². The van der Waals surface area contributed by atoms with E-state index in [2.05, 4.69) is 26.0 Å². The number of rotatable bonds is 8. The summed E-state index contributed by atoms with van der Waals surface area (Å²) in [6, 6.07) is 20.4. The number of ether oxygens (including phenoxy) is 3. The Morgan fingerprint density at radius 3 is 2.44 bits per heavy atom. The molecule has 1 atom stereocenters. The molecular weight excluding hydrogens is 450 g/mol. The molecule has 0 bridgehead atoms. The molecule has 5 nitrogen and oxygen atoms in total. The van der Waals surface area contributed by atoms with E-state index in [9.17, 15) is 4.79 Å². The van der Waals surface area contributed by atoms with Gasteiger partial charge in [-0.05, 0) is 78.1 Å². The van der Waals surface area contributed by atoms with Crippen molar-refractivity contribution in [1.82, 2.24) is 4.90 Å². The monoisotopic (exact) mass is 479 g/mol. The second-order valence-corrected chi connectivity index (χ2v) is 9.26. The summed E-state index contributed by atoms with van der Waals surface area (Å²) in [5.74, 6) is 2.74. The molecular formula is C28H30ClNO4. The molecule has 0 fully saturated rings. The first-order valence-electron chi connectivity index (χ1n) is 11.5. The van der Waals surface area contributed by atoms with Gasteiger partial charge in [0.2, 0.25) is 0 Å². The number of carbonyl (C=O) groups is 1. The fourth-order valence-electron chi connectivity index (χ4n) is 4.10. The minimum Gasteiger partial charge on any atom is -0.497 e. The zero-order valence-corrected chi connectivity index (χ0v) is 20.5. The maximum absolute atomic E-state index is 13.5. The fourth-order valence-corrected chi connectivity index (χ4v) is 4.29. The van der Waals surface area contributed by atoms with Crippen LogP contribution in [0.1, 0.15) is 41.4 Å². The Balaban J connectivity index is 1.61. The van der Waals surface area contributed by atoms with Crippen LogP contribution in [0, 0.1) is 5.92 Å². The topological polar surface area (TPSA) is 48.0 Å². The minimum absolute atomic E-state index is 0.0587. The molecule has 0 N–H and O–H groups in total. The lowest BCUT2D eigenvalue weighted by atomic mass is 9.92. The Morgan fingerprint density at radius 1 is 1.00 bits per heavy atom. The first kappa shape index (κ1) is 24.0. The first-order chi connectivity index (χ1) is 16.4. The van der Waals surface area contributed by atoms with Crippen molar-refractivity contribution in [2.75, 3.05) is 26.9 Å². The molecule has 178 valence electrons. The standard InChI is InChI=1S/C28H30ClNO4/c1-19(2)17-33-25-11-12-26-20(16-25)13-14-30(28(31)21-5-4-6-22(29)15-21)27(26)18-34-24-9-7-23(32-3)8-10-24/h4-12,15-16,19,27H,13-14,17-18H2,1-3H3. The Labute approximate surface area is 206 Å². The van der Waals surface area contributed by atoms with E-state index in [0.29, 0.717) is 36.3 Å². The normalized spacial score (nSPS) is 15.1. The van der Waals surface area contributed by atoms with Gasteiger partial charge >= 0.3 is 0 Å². The van der Waals surface area contributed by atoms with E-state index in [-0.39, 0.29) is 11.9 Å². The van der Waals surface area contributed by atoms with Crippen molar-refractivity contribution in [2.45, 2.75) is 26.3 Å². The van der Waals surface area contributed by atoms with Crippen molar-refractivity contribution in [1.29, 1.82) is 0 Å². The molecule has 3 aromatic carbocycles. The van der Waals surface area contributed by atoms with Gasteiger partial charge in [0.05, 0.1) is 19.8 Å². The van der Waals surface area contributed by atoms with Crippen LogP contribution in [0.25, 0.3) is 0 Å². The largest absolute Gasteiger partial charge is 0.497 e. The van der Waals surface area contributed by atoms with Crippen molar-refractivity contribution in [3.8, 4) is 17.2 Å². The Bertz CT molecular complexity index is 1130. The molecule has 34 heavy (non-hydrogen) atoms. The van der Waals surface area contributed by atoms with Crippen molar-refractivity contribution in [3.63, 3.8) is 0 Å². The van der Waals surface area contributed by atoms with Gasteiger partial charge in [0.1, 0.15) is 23.9 Å². The van der Waals surface area contributed by atoms with Crippen molar-refractivity contribution >= 4 is 17.5 Å². The summed E-state index contributed by atoms with van der Waals surface area (Å²) in [4.78, 5) is 15.4. The van der Waals surface area contributed by atoms with E-state index in [1.807, 2.05) is 35.2 Å². The molecule has 1 unspecified atom stereocenters. The van der Waals surface area contributed by atoms with Crippen LogP contribution in [-0.2, 0) is 6.42 Å². The second-order valence-electron chi connectivity index (χ2n) is 8.83. The molecule has 1 aliphatic rings. The van der Waals surface area contributed by atoms with Gasteiger partial charge in [0.15, 0.2) is 0 Å². The highest BCUT2D eigenvalue weighted by atomic mass is 35.5. The highest BCUT2D eigenvalue weighted by Crippen LogP contribution is 2.34. The maximum Gasteiger partial charge on any atom is 0.254 e. The Morgan fingerprint density at radius 2 is 1.74 bits per heavy atom. The molecule has 4 rings (SSSR count). The molecule has 1 heterocycles. The number of carbonyl (C=O) groups excluding carboxylic acids is 1. The van der Waals surface area contributed by atoms with Crippen LogP contribution < -0.4 is 14.2 Å². The van der Waals surface area contributed by atoms with Crippen LogP contribution in [0.2, 0.25) is 5.02 Å². The number of amides is 1. The average molecular weight is 480 g/mol. The Hall–Kier alpha value is -3.18. The molecule has 0 radical (unpaired) electrons. The van der Waals surface area contributed by atoms with Crippen LogP contribution in [0.15, 0.2) is 66.7 Å². The summed E-state index contributed by atoms with van der Waals surface area (Å²) < 4.78 is 17.3. The van der Waals surface area contributed by atoms with Gasteiger partial charge in [-0.25, -0.2) is 0 Å². The van der Waals surface area contributed by atoms with Crippen LogP contribution in [0.4, 0.5) is 0 Å². The van der Waals surface area contributed by atoms with Gasteiger partial charge in [-0.2, -0.15) is 0 Å². The molecule has 1 aliphatic heterocycles. The Kier molecular flexibility index (Phi) is 7.63. The minimum atomic E-state index is -0.239. The molecule has 0 saturated carbocycles. The van der Waals surface area contributed by atoms with E-state index in [0.717, 1.165) is 29.2 Å². The maximum atomic E-state index is 13.5. The van der Waals surface area contributed by atoms with Gasteiger partial charge in [0.25, 0.3) is 5.91 Å². The number of halogens is 1. The number of hydrogen-bond acceptors (Lipinski definition) is 4. The van der Waals surface area contributed by atoms with Gasteiger partial charge in [-0.3, -0.25) is 4.79 Å². The van der Waals surface area contributed by atoms with Crippen LogP contribution in [0.3, 0.4) is 0 Å². The summed E-state index contributed by atoms with van der Waals surface area (Å²) >= 11 is 6.16. The van der Waals surface area contributed by atoms with E-state index < -0.39 is 0 Å². The van der Waals surface area contributed by atoms with Crippen molar-refractivity contribution in [2.24, 2.45) is 5.92 Å². The SMILES string of the molecule is COc1ccc(OCC2c3ccc(OCC(C)C)cc3CCN2C(=O)c2cccc(Cl)c2)cc1. The van der Waals surface area contributed by atoms with Crippen molar-refractivity contribution in [3.05, 3.63) is 88.4 Å². The lowest BCUT2D eigenvalue weighted by Crippen LogP contribution is -2.42. The van der Waals surface area contributed by atoms with E-state index in [1.165, 1.54) is 5.56 Å². The zero-order valence-electron chi connectivity index (χ0n) is 19.8. The predicted octanol–water partition coefficient (Wildman–Crippen LogP) is 6.20. The van der Waals surface area contributed by atoms with E-state index >= 15 is 0 Å². The molecule has 3 aromatic rings. The van der Waals surface area contributed by atoms with Crippen LogP contribution in [-0.4, -0.2) is 37.7 Å². The number of methoxy groups -OCH3 is 1. The summed E-state index contributed by atoms with van der Waals surface area (Å²) in [5, 5.41) is 0.543. The third-order valence-corrected chi connectivity index (χ3v) is 6.09. The molecule has 1 amide bonds. The zero-order chi connectivity index (χ0) is 24.1. The van der Waals surface area contributed by atoms with Gasteiger partial charge in [-0.1, -0.05) is 37.6 Å². The number of fused-ring (bicyclic) bond motifs is 1. The lowest BCUT2D eigenvalue weighted by molar-refractivity contribution is 0.0589.